The molecule has 41 heavy (non-hydrogen) atoms. The molecule has 0 aliphatic carbocycles. The Labute approximate surface area is 247 Å². The van der Waals surface area contributed by atoms with Crippen molar-refractivity contribution < 1.29 is 17.6 Å². The van der Waals surface area contributed by atoms with E-state index in [9.17, 15) is 8.42 Å². The van der Waals surface area contributed by atoms with Crippen LogP contribution in [0.5, 0.6) is 0 Å². The van der Waals surface area contributed by atoms with Crippen LogP contribution in [0.15, 0.2) is 29.2 Å². The number of rotatable bonds is 11. The maximum Gasteiger partial charge on any atom is 0.271 e. The Balaban J connectivity index is 2.83. The largest absolute Gasteiger partial charge is 0.418 e. The molecule has 5 nitrogen and oxygen atoms in total. The SMILES string of the molecule is C#CC#CC#CC#CC#CC#CC#CC#CC#CN(CCOCCC[Si](C)(C)OCC)S(=O)(=O)c1ccc(C)cc1. The second-order valence-corrected chi connectivity index (χ2v) is 14.6. The van der Waals surface area contributed by atoms with Gasteiger partial charge in [-0.15, -0.1) is 6.42 Å². The summed E-state index contributed by atoms with van der Waals surface area (Å²) in [6.07, 6.45) is 5.80. The van der Waals surface area contributed by atoms with Crippen LogP contribution < -0.4 is 0 Å². The summed E-state index contributed by atoms with van der Waals surface area (Å²) in [6, 6.07) is 10.1. The summed E-state index contributed by atoms with van der Waals surface area (Å²) in [7, 11) is -5.55. The van der Waals surface area contributed by atoms with E-state index in [2.05, 4.69) is 114 Å². The van der Waals surface area contributed by atoms with Crippen molar-refractivity contribution >= 4 is 18.3 Å². The molecule has 7 heteroatoms. The van der Waals surface area contributed by atoms with Gasteiger partial charge in [-0.25, -0.2) is 12.7 Å². The van der Waals surface area contributed by atoms with Crippen molar-refractivity contribution in [2.45, 2.75) is 44.3 Å². The molecule has 0 atom stereocenters. The maximum atomic E-state index is 13.2. The lowest BCUT2D eigenvalue weighted by atomic mass is 10.2. The molecule has 0 spiro atoms. The fourth-order valence-corrected chi connectivity index (χ4v) is 6.06. The van der Waals surface area contributed by atoms with Gasteiger partial charge in [0.1, 0.15) is 0 Å². The van der Waals surface area contributed by atoms with E-state index in [1.54, 1.807) is 24.3 Å². The van der Waals surface area contributed by atoms with Gasteiger partial charge in [0.15, 0.2) is 8.32 Å². The van der Waals surface area contributed by atoms with Gasteiger partial charge in [0.25, 0.3) is 10.0 Å². The summed E-state index contributed by atoms with van der Waals surface area (Å²) >= 11 is 0. The second kappa shape index (κ2) is 20.1. The molecular weight excluding hydrogens is 547 g/mol. The van der Waals surface area contributed by atoms with E-state index in [1.807, 2.05) is 13.8 Å². The molecule has 0 N–H and O–H groups in total. The number of hydrogen-bond donors (Lipinski definition) is 0. The number of sulfonamides is 1. The van der Waals surface area contributed by atoms with Crippen LogP contribution in [0.4, 0.5) is 0 Å². The van der Waals surface area contributed by atoms with Gasteiger partial charge in [0, 0.05) is 66.6 Å². The highest BCUT2D eigenvalue weighted by Crippen LogP contribution is 2.16. The number of aryl methyl sites for hydroxylation is 1. The summed E-state index contributed by atoms with van der Waals surface area (Å²) in [5, 5.41) is 0. The number of nitrogens with zero attached hydrogens (tertiary/aromatic N) is 1. The van der Waals surface area contributed by atoms with E-state index in [-0.39, 0.29) is 18.0 Å². The Morgan fingerprint density at radius 1 is 0.780 bits per heavy atom. The molecule has 0 aliphatic heterocycles. The fraction of sp³-hybridized carbons (Fsp3) is 0.294. The van der Waals surface area contributed by atoms with Crippen molar-refractivity contribution in [3.05, 3.63) is 29.8 Å². The Kier molecular flexibility index (Phi) is 16.8. The molecular formula is C34H29NO4SSi. The molecule has 0 aromatic heterocycles. The molecule has 0 aliphatic rings. The van der Waals surface area contributed by atoms with E-state index < -0.39 is 18.3 Å². The molecule has 0 bridgehead atoms. The minimum atomic E-state index is -3.87. The Hall–Kier alpha value is -4.85. The van der Waals surface area contributed by atoms with Crippen LogP contribution >= 0.6 is 0 Å². The molecule has 1 aromatic rings. The van der Waals surface area contributed by atoms with Crippen LogP contribution in [0, 0.1) is 114 Å². The average Bonchev–Trinajstić information content (AvgIpc) is 2.93. The summed E-state index contributed by atoms with van der Waals surface area (Å²) in [5.74, 6) is 39.3. The summed E-state index contributed by atoms with van der Waals surface area (Å²) in [5.41, 5.74) is 0.950. The first-order valence-corrected chi connectivity index (χ1v) is 17.1. The monoisotopic (exact) mass is 575 g/mol. The summed E-state index contributed by atoms with van der Waals surface area (Å²) in [4.78, 5) is 0.139. The molecule has 0 fully saturated rings. The van der Waals surface area contributed by atoms with Crippen molar-refractivity contribution in [1.29, 1.82) is 0 Å². The normalized spacial score (nSPS) is 8.85. The molecule has 1 rings (SSSR count). The zero-order chi connectivity index (χ0) is 30.2. The van der Waals surface area contributed by atoms with E-state index in [0.717, 1.165) is 22.3 Å². The van der Waals surface area contributed by atoms with Gasteiger partial charge in [0.2, 0.25) is 0 Å². The van der Waals surface area contributed by atoms with Crippen molar-refractivity contribution in [2.24, 2.45) is 0 Å². The minimum Gasteiger partial charge on any atom is -0.418 e. The third-order valence-corrected chi connectivity index (χ3v) is 9.13. The molecule has 0 amide bonds. The van der Waals surface area contributed by atoms with Crippen LogP contribution in [0.25, 0.3) is 0 Å². The van der Waals surface area contributed by atoms with E-state index >= 15 is 0 Å². The summed E-state index contributed by atoms with van der Waals surface area (Å²) in [6.45, 7) is 9.69. The zero-order valence-electron chi connectivity index (χ0n) is 23.6. The highest BCUT2D eigenvalue weighted by Gasteiger charge is 2.23. The predicted octanol–water partition coefficient (Wildman–Crippen LogP) is 3.25. The van der Waals surface area contributed by atoms with Crippen molar-refractivity contribution in [2.75, 3.05) is 26.4 Å². The maximum absolute atomic E-state index is 13.2. The van der Waals surface area contributed by atoms with E-state index in [1.165, 1.54) is 0 Å². The second-order valence-electron chi connectivity index (χ2n) is 8.43. The van der Waals surface area contributed by atoms with Gasteiger partial charge in [0.05, 0.1) is 18.0 Å². The molecule has 204 valence electrons. The molecule has 0 saturated carbocycles. The molecule has 0 heterocycles. The first-order valence-electron chi connectivity index (χ1n) is 12.5. The van der Waals surface area contributed by atoms with Crippen LogP contribution in [-0.4, -0.2) is 47.4 Å². The first-order chi connectivity index (χ1) is 19.7. The lowest BCUT2D eigenvalue weighted by Crippen LogP contribution is -2.31. The smallest absolute Gasteiger partial charge is 0.271 e. The molecule has 0 unspecified atom stereocenters. The predicted molar refractivity (Wildman–Crippen MR) is 165 cm³/mol. The fourth-order valence-electron chi connectivity index (χ4n) is 2.92. The molecule has 0 saturated heterocycles. The minimum absolute atomic E-state index is 0.0553. The van der Waals surface area contributed by atoms with Gasteiger partial charge in [-0.1, -0.05) is 17.7 Å². The Bertz CT molecular complexity index is 1710. The third kappa shape index (κ3) is 16.0. The lowest BCUT2D eigenvalue weighted by molar-refractivity contribution is 0.129. The van der Waals surface area contributed by atoms with E-state index in [0.29, 0.717) is 13.2 Å². The van der Waals surface area contributed by atoms with Crippen molar-refractivity contribution in [3.63, 3.8) is 0 Å². The van der Waals surface area contributed by atoms with Gasteiger partial charge < -0.3 is 9.16 Å². The third-order valence-electron chi connectivity index (χ3n) is 4.78. The number of terminal acetylenes is 1. The Morgan fingerprint density at radius 2 is 1.27 bits per heavy atom. The van der Waals surface area contributed by atoms with Gasteiger partial charge in [-0.2, -0.15) is 0 Å². The lowest BCUT2D eigenvalue weighted by Gasteiger charge is -2.22. The van der Waals surface area contributed by atoms with Gasteiger partial charge >= 0.3 is 0 Å². The Morgan fingerprint density at radius 3 is 1.76 bits per heavy atom. The van der Waals surface area contributed by atoms with Crippen LogP contribution in [-0.2, 0) is 19.2 Å². The highest BCUT2D eigenvalue weighted by atomic mass is 32.2. The molecule has 0 radical (unpaired) electrons. The summed E-state index contributed by atoms with van der Waals surface area (Å²) < 4.78 is 38.9. The van der Waals surface area contributed by atoms with Crippen LogP contribution in [0.1, 0.15) is 18.9 Å². The average molecular weight is 576 g/mol. The topological polar surface area (TPSA) is 55.8 Å². The number of hydrogen-bond acceptors (Lipinski definition) is 4. The van der Waals surface area contributed by atoms with Gasteiger partial charge in [-0.05, 0) is 98.9 Å². The first kappa shape index (κ1) is 34.2. The quantitative estimate of drug-likeness (QED) is 0.176. The van der Waals surface area contributed by atoms with Crippen LogP contribution in [0.3, 0.4) is 0 Å². The highest BCUT2D eigenvalue weighted by molar-refractivity contribution is 7.89. The van der Waals surface area contributed by atoms with Crippen molar-refractivity contribution in [1.82, 2.24) is 4.31 Å². The van der Waals surface area contributed by atoms with E-state index in [4.69, 9.17) is 15.6 Å². The van der Waals surface area contributed by atoms with Crippen molar-refractivity contribution in [3.8, 4) is 107 Å². The number of ether oxygens (including phenoxy) is 1. The number of benzene rings is 1. The molecule has 1 aromatic carbocycles. The van der Waals surface area contributed by atoms with Crippen LogP contribution in [0.2, 0.25) is 19.1 Å². The van der Waals surface area contributed by atoms with Gasteiger partial charge in [-0.3, -0.25) is 0 Å². The zero-order valence-corrected chi connectivity index (χ0v) is 25.4. The standard InChI is InChI=1S/C34H29NO4SSi/c1-6-8-9-10-11-12-13-14-15-16-17-18-19-20-21-22-28-35(40(36,37)34-26-24-33(3)25-27-34)29-31-38-30-23-32-41(4,5)39-7-2/h1,24-27H,7,23,29-32H2,2-5H3.